The van der Waals surface area contributed by atoms with Crippen LogP contribution >= 0.6 is 11.6 Å². The summed E-state index contributed by atoms with van der Waals surface area (Å²) < 4.78 is 26.3. The van der Waals surface area contributed by atoms with Crippen molar-refractivity contribution in [3.8, 4) is 0 Å². The number of hydrogen-bond acceptors (Lipinski definition) is 4. The molecule has 9 heteroatoms. The molecule has 0 aliphatic heterocycles. The third-order valence-electron chi connectivity index (χ3n) is 5.90. The molecule has 0 spiro atoms. The molecule has 0 fully saturated rings. The van der Waals surface area contributed by atoms with Crippen LogP contribution in [0.3, 0.4) is 0 Å². The van der Waals surface area contributed by atoms with Crippen LogP contribution in [0.2, 0.25) is 5.02 Å². The second kappa shape index (κ2) is 10.9. The monoisotopic (exact) mass is 541 g/mol. The normalized spacial score (nSPS) is 12.5. The fourth-order valence-corrected chi connectivity index (χ4v) is 5.24. The van der Waals surface area contributed by atoms with E-state index in [1.54, 1.807) is 55.5 Å². The lowest BCUT2D eigenvalue weighted by Gasteiger charge is -2.29. The number of hydrogen-bond donors (Lipinski definition) is 2. The molecule has 1 atom stereocenters. The number of nitrogens with zero attached hydrogens (tertiary/aromatic N) is 1. The zero-order chi connectivity index (χ0) is 27.5. The van der Waals surface area contributed by atoms with Gasteiger partial charge in [0.25, 0.3) is 5.91 Å². The third-order valence-corrected chi connectivity index (χ3v) is 7.36. The highest BCUT2D eigenvalue weighted by molar-refractivity contribution is 7.92. The molecule has 0 saturated heterocycles. The Morgan fingerprint density at radius 2 is 1.51 bits per heavy atom. The van der Waals surface area contributed by atoms with Crippen molar-refractivity contribution in [1.82, 2.24) is 0 Å². The summed E-state index contributed by atoms with van der Waals surface area (Å²) in [6.45, 7) is 9.57. The van der Waals surface area contributed by atoms with Gasteiger partial charge in [0, 0.05) is 22.0 Å². The summed E-state index contributed by atoms with van der Waals surface area (Å²) in [5.41, 5.74) is 3.51. The number of carbonyl (C=O) groups is 2. The van der Waals surface area contributed by atoms with Gasteiger partial charge in [0.1, 0.15) is 6.04 Å². The molecule has 3 aromatic carbocycles. The second-order valence-corrected chi connectivity index (χ2v) is 12.3. The molecule has 0 bridgehead atoms. The number of anilines is 3. The Balaban J connectivity index is 1.77. The van der Waals surface area contributed by atoms with Gasteiger partial charge in [0.05, 0.1) is 11.9 Å². The standard InChI is InChI=1S/C28H32ClN3O4S/c1-18-10-15-22(29)16-25(18)32(37(6,35)36)19(2)26(33)30-23-8-7-9-24(17-23)31-27(34)20-11-13-21(14-12-20)28(3,4)5/h7-17,19H,1-6H3,(H,30,33)(H,31,34). The lowest BCUT2D eigenvalue weighted by molar-refractivity contribution is -0.116. The van der Waals surface area contributed by atoms with E-state index in [-0.39, 0.29) is 11.3 Å². The van der Waals surface area contributed by atoms with Gasteiger partial charge in [-0.05, 0) is 72.9 Å². The molecule has 0 heterocycles. The van der Waals surface area contributed by atoms with Gasteiger partial charge in [-0.25, -0.2) is 8.42 Å². The minimum absolute atomic E-state index is 0.0170. The Morgan fingerprint density at radius 3 is 2.08 bits per heavy atom. The van der Waals surface area contributed by atoms with Crippen LogP contribution in [0.15, 0.2) is 66.7 Å². The number of carbonyl (C=O) groups excluding carboxylic acids is 2. The van der Waals surface area contributed by atoms with Crippen LogP contribution in [0, 0.1) is 6.92 Å². The van der Waals surface area contributed by atoms with Crippen LogP contribution < -0.4 is 14.9 Å². The Morgan fingerprint density at radius 1 is 0.919 bits per heavy atom. The van der Waals surface area contributed by atoms with E-state index in [1.807, 2.05) is 12.1 Å². The first-order valence-corrected chi connectivity index (χ1v) is 14.0. The van der Waals surface area contributed by atoms with Crippen LogP contribution in [-0.4, -0.2) is 32.5 Å². The van der Waals surface area contributed by atoms with Crippen molar-refractivity contribution >= 4 is 50.5 Å². The maximum atomic E-state index is 13.1. The van der Waals surface area contributed by atoms with Gasteiger partial charge in [-0.2, -0.15) is 0 Å². The summed E-state index contributed by atoms with van der Waals surface area (Å²) in [5.74, 6) is -0.817. The van der Waals surface area contributed by atoms with Crippen LogP contribution in [0.25, 0.3) is 0 Å². The number of benzene rings is 3. The van der Waals surface area contributed by atoms with Gasteiger partial charge in [-0.1, -0.05) is 56.6 Å². The van der Waals surface area contributed by atoms with E-state index in [4.69, 9.17) is 11.6 Å². The number of sulfonamides is 1. The molecule has 3 aromatic rings. The smallest absolute Gasteiger partial charge is 0.255 e. The molecular weight excluding hydrogens is 510 g/mol. The first kappa shape index (κ1) is 28.2. The van der Waals surface area contributed by atoms with Gasteiger partial charge in [-0.15, -0.1) is 0 Å². The predicted molar refractivity (Wildman–Crippen MR) is 151 cm³/mol. The fourth-order valence-electron chi connectivity index (χ4n) is 3.85. The van der Waals surface area contributed by atoms with Gasteiger partial charge in [0.2, 0.25) is 15.9 Å². The number of rotatable bonds is 7. The minimum atomic E-state index is -3.80. The molecule has 37 heavy (non-hydrogen) atoms. The van der Waals surface area contributed by atoms with Gasteiger partial charge >= 0.3 is 0 Å². The topological polar surface area (TPSA) is 95.6 Å². The van der Waals surface area contributed by atoms with Crippen molar-refractivity contribution in [3.05, 3.63) is 88.4 Å². The highest BCUT2D eigenvalue weighted by Crippen LogP contribution is 2.29. The fraction of sp³-hybridized carbons (Fsp3) is 0.286. The Kier molecular flexibility index (Phi) is 8.35. The largest absolute Gasteiger partial charge is 0.324 e. The SMILES string of the molecule is Cc1ccc(Cl)cc1N(C(C)C(=O)Nc1cccc(NC(=O)c2ccc(C(C)(C)C)cc2)c1)S(C)(=O)=O. The molecule has 0 radical (unpaired) electrons. The molecular formula is C28H32ClN3O4S. The van der Waals surface area contributed by atoms with Gasteiger partial charge in [0.15, 0.2) is 0 Å². The Hall–Kier alpha value is -3.36. The second-order valence-electron chi connectivity index (χ2n) is 10.0. The minimum Gasteiger partial charge on any atom is -0.324 e. The van der Waals surface area contributed by atoms with Crippen LogP contribution in [0.4, 0.5) is 17.1 Å². The zero-order valence-electron chi connectivity index (χ0n) is 21.8. The Bertz CT molecular complexity index is 1410. The summed E-state index contributed by atoms with van der Waals surface area (Å²) >= 11 is 6.10. The number of amides is 2. The molecule has 0 aliphatic carbocycles. The molecule has 3 rings (SSSR count). The number of aryl methyl sites for hydroxylation is 1. The third kappa shape index (κ3) is 7.11. The van der Waals surface area contributed by atoms with Crippen molar-refractivity contribution in [2.24, 2.45) is 0 Å². The molecule has 1 unspecified atom stereocenters. The van der Waals surface area contributed by atoms with Gasteiger partial charge < -0.3 is 10.6 Å². The highest BCUT2D eigenvalue weighted by atomic mass is 35.5. The van der Waals surface area contributed by atoms with Crippen molar-refractivity contribution in [1.29, 1.82) is 0 Å². The van der Waals surface area contributed by atoms with E-state index < -0.39 is 22.0 Å². The molecule has 0 aliphatic rings. The first-order valence-electron chi connectivity index (χ1n) is 11.7. The maximum absolute atomic E-state index is 13.1. The molecule has 7 nitrogen and oxygen atoms in total. The summed E-state index contributed by atoms with van der Waals surface area (Å²) in [6, 6.07) is 17.9. The summed E-state index contributed by atoms with van der Waals surface area (Å²) in [4.78, 5) is 25.9. The lowest BCUT2D eigenvalue weighted by Crippen LogP contribution is -2.45. The van der Waals surface area contributed by atoms with Crippen molar-refractivity contribution in [2.75, 3.05) is 21.2 Å². The van der Waals surface area contributed by atoms with E-state index in [9.17, 15) is 18.0 Å². The molecule has 0 saturated carbocycles. The Labute approximate surface area is 223 Å². The average Bonchev–Trinajstić information content (AvgIpc) is 2.80. The first-order chi connectivity index (χ1) is 17.2. The van der Waals surface area contributed by atoms with Crippen LogP contribution in [0.1, 0.15) is 49.2 Å². The van der Waals surface area contributed by atoms with Crippen molar-refractivity contribution < 1.29 is 18.0 Å². The molecule has 196 valence electrons. The number of nitrogens with one attached hydrogen (secondary N) is 2. The molecule has 2 N–H and O–H groups in total. The quantitative estimate of drug-likeness (QED) is 0.384. The van der Waals surface area contributed by atoms with Crippen molar-refractivity contribution in [2.45, 2.75) is 46.1 Å². The summed E-state index contributed by atoms with van der Waals surface area (Å²) in [7, 11) is -3.80. The predicted octanol–water partition coefficient (Wildman–Crippen LogP) is 5.99. The average molecular weight is 542 g/mol. The lowest BCUT2D eigenvalue weighted by atomic mass is 9.87. The number of halogens is 1. The summed E-state index contributed by atoms with van der Waals surface area (Å²) in [5, 5.41) is 5.94. The van der Waals surface area contributed by atoms with Crippen LogP contribution in [0.5, 0.6) is 0 Å². The van der Waals surface area contributed by atoms with E-state index >= 15 is 0 Å². The van der Waals surface area contributed by atoms with E-state index in [2.05, 4.69) is 31.4 Å². The molecule has 2 amide bonds. The molecule has 0 aromatic heterocycles. The summed E-state index contributed by atoms with van der Waals surface area (Å²) in [6.07, 6.45) is 1.04. The van der Waals surface area contributed by atoms with E-state index in [0.29, 0.717) is 33.2 Å². The maximum Gasteiger partial charge on any atom is 0.255 e. The van der Waals surface area contributed by atoms with Gasteiger partial charge in [-0.3, -0.25) is 13.9 Å². The van der Waals surface area contributed by atoms with Crippen molar-refractivity contribution in [3.63, 3.8) is 0 Å². The van der Waals surface area contributed by atoms with Crippen LogP contribution in [-0.2, 0) is 20.2 Å². The van der Waals surface area contributed by atoms with E-state index in [1.165, 1.54) is 13.0 Å². The zero-order valence-corrected chi connectivity index (χ0v) is 23.4. The highest BCUT2D eigenvalue weighted by Gasteiger charge is 2.30. The van der Waals surface area contributed by atoms with E-state index in [0.717, 1.165) is 16.1 Å².